The van der Waals surface area contributed by atoms with Crippen molar-refractivity contribution in [3.05, 3.63) is 0 Å². The third-order valence-corrected chi connectivity index (χ3v) is 2.34. The first-order chi connectivity index (χ1) is 5.16. The fraction of sp³-hybridized carbons (Fsp3) is 0.778. The molecule has 1 atom stereocenters. The van der Waals surface area contributed by atoms with Crippen LogP contribution in [0.3, 0.4) is 0 Å². The highest BCUT2D eigenvalue weighted by atomic mass is 32.2. The summed E-state index contributed by atoms with van der Waals surface area (Å²) in [5.41, 5.74) is 0. The van der Waals surface area contributed by atoms with E-state index in [9.17, 15) is 0 Å². The number of rotatable bonds is 5. The SMILES string of the molecule is C#CCNCC(C)SC(C)C. The number of nitrogens with one attached hydrogen (secondary N) is 1. The van der Waals surface area contributed by atoms with Crippen LogP contribution in [0.25, 0.3) is 0 Å². The molecule has 0 rings (SSSR count). The quantitative estimate of drug-likeness (QED) is 0.499. The minimum atomic E-state index is 0.656. The fourth-order valence-electron chi connectivity index (χ4n) is 0.860. The highest BCUT2D eigenvalue weighted by molar-refractivity contribution is 8.00. The second-order valence-electron chi connectivity index (χ2n) is 2.83. The number of thioether (sulfide) groups is 1. The molecule has 0 spiro atoms. The molecule has 0 aromatic rings. The zero-order chi connectivity index (χ0) is 8.69. The fourth-order valence-corrected chi connectivity index (χ4v) is 2.00. The van der Waals surface area contributed by atoms with Crippen molar-refractivity contribution < 1.29 is 0 Å². The van der Waals surface area contributed by atoms with Crippen LogP contribution in [0.4, 0.5) is 0 Å². The van der Waals surface area contributed by atoms with Crippen molar-refractivity contribution in [1.82, 2.24) is 5.32 Å². The van der Waals surface area contributed by atoms with Gasteiger partial charge in [-0.15, -0.1) is 6.42 Å². The summed E-state index contributed by atoms with van der Waals surface area (Å²) in [7, 11) is 0. The van der Waals surface area contributed by atoms with E-state index in [4.69, 9.17) is 6.42 Å². The molecule has 0 radical (unpaired) electrons. The first-order valence-electron chi connectivity index (χ1n) is 3.96. The van der Waals surface area contributed by atoms with Crippen LogP contribution in [-0.2, 0) is 0 Å². The van der Waals surface area contributed by atoms with Gasteiger partial charge in [-0.05, 0) is 5.25 Å². The summed E-state index contributed by atoms with van der Waals surface area (Å²) in [4.78, 5) is 0. The Balaban J connectivity index is 3.24. The number of terminal acetylenes is 1. The van der Waals surface area contributed by atoms with Gasteiger partial charge in [-0.25, -0.2) is 0 Å². The van der Waals surface area contributed by atoms with E-state index < -0.39 is 0 Å². The summed E-state index contributed by atoms with van der Waals surface area (Å²) >= 11 is 1.97. The van der Waals surface area contributed by atoms with E-state index in [0.29, 0.717) is 17.0 Å². The molecule has 64 valence electrons. The topological polar surface area (TPSA) is 12.0 Å². The first-order valence-corrected chi connectivity index (χ1v) is 4.90. The minimum Gasteiger partial charge on any atom is -0.305 e. The van der Waals surface area contributed by atoms with E-state index in [-0.39, 0.29) is 0 Å². The first kappa shape index (κ1) is 10.9. The summed E-state index contributed by atoms with van der Waals surface area (Å²) in [6.07, 6.45) is 5.10. The molecule has 0 saturated heterocycles. The zero-order valence-corrected chi connectivity index (χ0v) is 8.37. The van der Waals surface area contributed by atoms with E-state index in [2.05, 4.69) is 32.0 Å². The summed E-state index contributed by atoms with van der Waals surface area (Å²) in [6, 6.07) is 0. The molecule has 1 nitrogen and oxygen atoms in total. The maximum Gasteiger partial charge on any atom is 0.0574 e. The lowest BCUT2D eigenvalue weighted by atomic mass is 10.4. The van der Waals surface area contributed by atoms with Gasteiger partial charge in [0.05, 0.1) is 6.54 Å². The molecular formula is C9H17NS. The standard InChI is InChI=1S/C9H17NS/c1-5-6-10-7-9(4)11-8(2)3/h1,8-10H,6-7H2,2-4H3. The Hall–Kier alpha value is -0.130. The number of hydrogen-bond donors (Lipinski definition) is 1. The van der Waals surface area contributed by atoms with Crippen molar-refractivity contribution >= 4 is 11.8 Å². The van der Waals surface area contributed by atoms with Crippen LogP contribution in [0.5, 0.6) is 0 Å². The molecule has 0 aliphatic rings. The van der Waals surface area contributed by atoms with Crippen molar-refractivity contribution in [3.8, 4) is 12.3 Å². The Bertz CT molecular complexity index is 126. The van der Waals surface area contributed by atoms with Crippen LogP contribution < -0.4 is 5.32 Å². The number of hydrogen-bond acceptors (Lipinski definition) is 2. The molecule has 0 amide bonds. The molecule has 1 N–H and O–H groups in total. The second-order valence-corrected chi connectivity index (χ2v) is 4.85. The van der Waals surface area contributed by atoms with E-state index in [0.717, 1.165) is 6.54 Å². The van der Waals surface area contributed by atoms with Gasteiger partial charge in [0.2, 0.25) is 0 Å². The zero-order valence-electron chi connectivity index (χ0n) is 7.55. The van der Waals surface area contributed by atoms with E-state index in [1.165, 1.54) is 0 Å². The molecular weight excluding hydrogens is 154 g/mol. The summed E-state index contributed by atoms with van der Waals surface area (Å²) in [5, 5.41) is 4.55. The molecule has 0 fully saturated rings. The van der Waals surface area contributed by atoms with Gasteiger partial charge in [-0.1, -0.05) is 26.7 Å². The molecule has 0 saturated carbocycles. The van der Waals surface area contributed by atoms with Crippen LogP contribution in [0, 0.1) is 12.3 Å². The van der Waals surface area contributed by atoms with Gasteiger partial charge >= 0.3 is 0 Å². The van der Waals surface area contributed by atoms with Crippen molar-refractivity contribution in [3.63, 3.8) is 0 Å². The average molecular weight is 171 g/mol. The highest BCUT2D eigenvalue weighted by Crippen LogP contribution is 2.15. The molecule has 0 bridgehead atoms. The van der Waals surface area contributed by atoms with Crippen LogP contribution in [0.15, 0.2) is 0 Å². The summed E-state index contributed by atoms with van der Waals surface area (Å²) in [5.74, 6) is 2.56. The molecule has 2 heteroatoms. The maximum atomic E-state index is 5.10. The van der Waals surface area contributed by atoms with Crippen molar-refractivity contribution in [2.75, 3.05) is 13.1 Å². The minimum absolute atomic E-state index is 0.656. The molecule has 11 heavy (non-hydrogen) atoms. The molecule has 0 heterocycles. The van der Waals surface area contributed by atoms with Crippen LogP contribution >= 0.6 is 11.8 Å². The Morgan fingerprint density at radius 1 is 1.45 bits per heavy atom. The Kier molecular flexibility index (Phi) is 6.49. The van der Waals surface area contributed by atoms with Crippen LogP contribution in [-0.4, -0.2) is 23.6 Å². The highest BCUT2D eigenvalue weighted by Gasteiger charge is 2.03. The van der Waals surface area contributed by atoms with Crippen molar-refractivity contribution in [2.24, 2.45) is 0 Å². The Morgan fingerprint density at radius 3 is 2.55 bits per heavy atom. The maximum absolute atomic E-state index is 5.10. The van der Waals surface area contributed by atoms with Gasteiger partial charge < -0.3 is 5.32 Å². The molecule has 0 aromatic carbocycles. The van der Waals surface area contributed by atoms with Gasteiger partial charge in [-0.2, -0.15) is 11.8 Å². The lowest BCUT2D eigenvalue weighted by Gasteiger charge is -2.13. The molecule has 0 aromatic heterocycles. The van der Waals surface area contributed by atoms with Gasteiger partial charge in [0.1, 0.15) is 0 Å². The normalized spacial score (nSPS) is 13.0. The average Bonchev–Trinajstić information content (AvgIpc) is 1.86. The van der Waals surface area contributed by atoms with Gasteiger partial charge in [0.15, 0.2) is 0 Å². The van der Waals surface area contributed by atoms with E-state index in [1.54, 1.807) is 0 Å². The molecule has 0 aliphatic heterocycles. The summed E-state index contributed by atoms with van der Waals surface area (Å²) in [6.45, 7) is 8.33. The van der Waals surface area contributed by atoms with Gasteiger partial charge in [0.25, 0.3) is 0 Å². The van der Waals surface area contributed by atoms with E-state index >= 15 is 0 Å². The largest absolute Gasteiger partial charge is 0.305 e. The second kappa shape index (κ2) is 6.57. The predicted octanol–water partition coefficient (Wildman–Crippen LogP) is 1.74. The van der Waals surface area contributed by atoms with Gasteiger partial charge in [0, 0.05) is 11.8 Å². The predicted molar refractivity (Wildman–Crippen MR) is 53.9 cm³/mol. The Labute approximate surface area is 74.3 Å². The van der Waals surface area contributed by atoms with E-state index in [1.807, 2.05) is 11.8 Å². The molecule has 0 aliphatic carbocycles. The van der Waals surface area contributed by atoms with Crippen LogP contribution in [0.2, 0.25) is 0 Å². The third kappa shape index (κ3) is 7.77. The molecule has 1 unspecified atom stereocenters. The Morgan fingerprint density at radius 2 is 2.09 bits per heavy atom. The summed E-state index contributed by atoms with van der Waals surface area (Å²) < 4.78 is 0. The smallest absolute Gasteiger partial charge is 0.0574 e. The lowest BCUT2D eigenvalue weighted by molar-refractivity contribution is 0.746. The van der Waals surface area contributed by atoms with Crippen molar-refractivity contribution in [2.45, 2.75) is 31.3 Å². The van der Waals surface area contributed by atoms with Crippen molar-refractivity contribution in [1.29, 1.82) is 0 Å². The lowest BCUT2D eigenvalue weighted by Crippen LogP contribution is -2.23. The van der Waals surface area contributed by atoms with Gasteiger partial charge in [-0.3, -0.25) is 0 Å². The third-order valence-electron chi connectivity index (χ3n) is 1.16. The van der Waals surface area contributed by atoms with Crippen LogP contribution in [0.1, 0.15) is 20.8 Å². The monoisotopic (exact) mass is 171 g/mol.